The lowest BCUT2D eigenvalue weighted by Gasteiger charge is -2.34. The van der Waals surface area contributed by atoms with Gasteiger partial charge in [-0.1, -0.05) is 68.4 Å². The number of ether oxygens (including phenoxy) is 1. The van der Waals surface area contributed by atoms with Gasteiger partial charge in [0.05, 0.1) is 23.3 Å². The quantitative estimate of drug-likeness (QED) is 0.223. The number of hydrogen-bond acceptors (Lipinski definition) is 7. The van der Waals surface area contributed by atoms with Crippen molar-refractivity contribution in [3.63, 3.8) is 0 Å². The van der Waals surface area contributed by atoms with Gasteiger partial charge >= 0.3 is 6.09 Å². The summed E-state index contributed by atoms with van der Waals surface area (Å²) in [5.41, 5.74) is 4.08. The molecule has 0 radical (unpaired) electrons. The largest absolute Gasteiger partial charge is 0.444 e. The second-order valence-corrected chi connectivity index (χ2v) is 10.6. The van der Waals surface area contributed by atoms with E-state index in [1.165, 1.54) is 4.90 Å². The van der Waals surface area contributed by atoms with Crippen LogP contribution in [0.25, 0.3) is 0 Å². The van der Waals surface area contributed by atoms with Crippen LogP contribution in [0.2, 0.25) is 0 Å². The van der Waals surface area contributed by atoms with Gasteiger partial charge in [-0.05, 0) is 53.8 Å². The number of rotatable bonds is 8. The molecule has 216 valence electrons. The molecule has 1 atom stereocenters. The molecule has 1 aliphatic heterocycles. The highest BCUT2D eigenvalue weighted by molar-refractivity contribution is 5.86. The van der Waals surface area contributed by atoms with Gasteiger partial charge < -0.3 is 4.74 Å². The van der Waals surface area contributed by atoms with Gasteiger partial charge in [-0.25, -0.2) is 18.8 Å². The average molecular weight is 576 g/mol. The molecule has 0 fully saturated rings. The van der Waals surface area contributed by atoms with Crippen LogP contribution in [0.3, 0.4) is 0 Å². The van der Waals surface area contributed by atoms with Crippen LogP contribution in [0.4, 0.5) is 26.8 Å². The Morgan fingerprint density at radius 3 is 2.40 bits per heavy atom. The van der Waals surface area contributed by atoms with E-state index >= 15 is 0 Å². The predicted molar refractivity (Wildman–Crippen MR) is 160 cm³/mol. The molecule has 0 bridgehead atoms. The van der Waals surface area contributed by atoms with Crippen LogP contribution in [0.1, 0.15) is 49.1 Å². The number of carbonyl (C=O) groups excluding carboxylic acids is 1. The van der Waals surface area contributed by atoms with Gasteiger partial charge in [0.15, 0.2) is 0 Å². The van der Waals surface area contributed by atoms with Crippen molar-refractivity contribution in [3.8, 4) is 12.1 Å². The topological polar surface area (TPSA) is 111 Å². The molecule has 0 N–H and O–H groups in total. The van der Waals surface area contributed by atoms with Gasteiger partial charge in [0.25, 0.3) is 5.95 Å². The van der Waals surface area contributed by atoms with Crippen molar-refractivity contribution in [1.29, 1.82) is 10.5 Å². The van der Waals surface area contributed by atoms with Crippen LogP contribution >= 0.6 is 0 Å². The van der Waals surface area contributed by atoms with Crippen molar-refractivity contribution in [3.05, 3.63) is 112 Å². The first-order chi connectivity index (χ1) is 20.8. The first kappa shape index (κ1) is 29.0. The summed E-state index contributed by atoms with van der Waals surface area (Å²) in [5, 5.41) is 24.5. The van der Waals surface area contributed by atoms with E-state index in [4.69, 9.17) is 14.8 Å². The first-order valence-corrected chi connectivity index (χ1v) is 13.8. The first-order valence-electron chi connectivity index (χ1n) is 13.8. The molecule has 5 rings (SSSR count). The Hall–Kier alpha value is -5.48. The molecule has 1 amide bonds. The summed E-state index contributed by atoms with van der Waals surface area (Å²) in [5.74, 6) is 0.520. The zero-order valence-electron chi connectivity index (χ0n) is 24.1. The van der Waals surface area contributed by atoms with Crippen molar-refractivity contribution in [2.24, 2.45) is 5.92 Å². The molecule has 9 nitrogen and oxygen atoms in total. The minimum Gasteiger partial charge on any atom is -0.444 e. The Bertz CT molecular complexity index is 1730. The third-order valence-corrected chi connectivity index (χ3v) is 7.06. The van der Waals surface area contributed by atoms with Crippen LogP contribution in [0.5, 0.6) is 0 Å². The lowest BCUT2D eigenvalue weighted by atomic mass is 9.95. The Kier molecular flexibility index (Phi) is 8.49. The molecule has 3 aromatic carbocycles. The van der Waals surface area contributed by atoms with Crippen LogP contribution in [-0.4, -0.2) is 27.4 Å². The summed E-state index contributed by atoms with van der Waals surface area (Å²) in [7, 11) is 0. The number of allylic oxidation sites excluding steroid dienone is 2. The SMILES string of the molecule is CC1=C(C#N)[C@@H](c2ccc(C#N)cc2)n2nc(N(CC(C)C)C(=O)OCc3ccccc3)nc2N1c1cccc(CF)c1. The third kappa shape index (κ3) is 5.95. The Balaban J connectivity index is 1.64. The second-order valence-electron chi connectivity index (χ2n) is 10.6. The molecule has 0 aliphatic carbocycles. The summed E-state index contributed by atoms with van der Waals surface area (Å²) in [6, 6.07) is 27.0. The lowest BCUT2D eigenvalue weighted by molar-refractivity contribution is 0.146. The smallest absolute Gasteiger partial charge is 0.417 e. The van der Waals surface area contributed by atoms with E-state index in [2.05, 4.69) is 12.1 Å². The van der Waals surface area contributed by atoms with E-state index in [9.17, 15) is 19.7 Å². The number of hydrogen-bond donors (Lipinski definition) is 0. The van der Waals surface area contributed by atoms with Crippen molar-refractivity contribution in [2.45, 2.75) is 40.1 Å². The number of carbonyl (C=O) groups is 1. The van der Waals surface area contributed by atoms with Crippen LogP contribution in [-0.2, 0) is 18.0 Å². The molecule has 1 aromatic heterocycles. The number of aromatic nitrogens is 3. The predicted octanol–water partition coefficient (Wildman–Crippen LogP) is 6.96. The maximum absolute atomic E-state index is 13.7. The number of nitrogens with zero attached hydrogens (tertiary/aromatic N) is 7. The molecule has 0 unspecified atom stereocenters. The highest BCUT2D eigenvalue weighted by Gasteiger charge is 2.37. The number of nitriles is 2. The van der Waals surface area contributed by atoms with Gasteiger partial charge in [0.1, 0.15) is 19.3 Å². The van der Waals surface area contributed by atoms with E-state index in [1.54, 1.807) is 65.0 Å². The van der Waals surface area contributed by atoms with Gasteiger partial charge in [-0.2, -0.15) is 15.5 Å². The van der Waals surface area contributed by atoms with Gasteiger partial charge in [-0.3, -0.25) is 4.90 Å². The maximum atomic E-state index is 13.7. The standard InChI is InChI=1S/C33H30FN7O2/c1-22(2)20-39(33(42)43-21-25-8-5-4-6-9-25)31-37-32-40(28-11-7-10-26(16-28)17-34)23(3)29(19-36)30(41(32)38-31)27-14-12-24(18-35)13-15-27/h4-16,22,30H,17,20-21H2,1-3H3/t30-/m1/s1. The number of halogens is 1. The molecule has 0 saturated heterocycles. The number of fused-ring (bicyclic) bond motifs is 1. The molecule has 43 heavy (non-hydrogen) atoms. The molecule has 2 heterocycles. The van der Waals surface area contributed by atoms with Crippen LogP contribution in [0, 0.1) is 28.6 Å². The summed E-state index contributed by atoms with van der Waals surface area (Å²) in [6.07, 6.45) is -0.605. The highest BCUT2D eigenvalue weighted by Crippen LogP contribution is 2.43. The third-order valence-electron chi connectivity index (χ3n) is 7.06. The van der Waals surface area contributed by atoms with E-state index in [0.717, 1.165) is 5.56 Å². The fourth-order valence-electron chi connectivity index (χ4n) is 5.01. The molecule has 0 saturated carbocycles. The molecule has 10 heteroatoms. The van der Waals surface area contributed by atoms with Crippen molar-refractivity contribution >= 4 is 23.7 Å². The van der Waals surface area contributed by atoms with Gasteiger partial charge in [0, 0.05) is 17.9 Å². The number of alkyl halides is 1. The van der Waals surface area contributed by atoms with Crippen molar-refractivity contribution in [2.75, 3.05) is 16.3 Å². The Morgan fingerprint density at radius 2 is 1.74 bits per heavy atom. The molecule has 0 spiro atoms. The fourth-order valence-corrected chi connectivity index (χ4v) is 5.01. The minimum absolute atomic E-state index is 0.0611. The van der Waals surface area contributed by atoms with Crippen LogP contribution in [0.15, 0.2) is 90.1 Å². The maximum Gasteiger partial charge on any atom is 0.417 e. The highest BCUT2D eigenvalue weighted by atomic mass is 19.1. The Labute approximate surface area is 249 Å². The minimum atomic E-state index is -0.684. The summed E-state index contributed by atoms with van der Waals surface area (Å²) < 4.78 is 20.9. The van der Waals surface area contributed by atoms with Crippen molar-refractivity contribution < 1.29 is 13.9 Å². The second kappa shape index (κ2) is 12.6. The van der Waals surface area contributed by atoms with E-state index in [-0.39, 0.29) is 25.0 Å². The molecular formula is C33H30FN7O2. The van der Waals surface area contributed by atoms with E-state index in [0.29, 0.717) is 39.6 Å². The van der Waals surface area contributed by atoms with Gasteiger partial charge in [-0.15, -0.1) is 5.10 Å². The summed E-state index contributed by atoms with van der Waals surface area (Å²) in [4.78, 5) is 21.5. The molecule has 4 aromatic rings. The summed E-state index contributed by atoms with van der Waals surface area (Å²) >= 11 is 0. The van der Waals surface area contributed by atoms with E-state index in [1.807, 2.05) is 44.2 Å². The number of anilines is 3. The normalized spacial score (nSPS) is 14.2. The Morgan fingerprint density at radius 1 is 1.02 bits per heavy atom. The summed E-state index contributed by atoms with van der Waals surface area (Å²) in [6.45, 7) is 5.46. The molecule has 1 aliphatic rings. The molecular weight excluding hydrogens is 545 g/mol. The monoisotopic (exact) mass is 575 g/mol. The fraction of sp³-hybridized carbons (Fsp3) is 0.242. The number of benzene rings is 3. The van der Waals surface area contributed by atoms with Gasteiger partial charge in [0.2, 0.25) is 5.95 Å². The zero-order chi connectivity index (χ0) is 30.5. The zero-order valence-corrected chi connectivity index (χ0v) is 24.1. The van der Waals surface area contributed by atoms with Crippen LogP contribution < -0.4 is 9.80 Å². The van der Waals surface area contributed by atoms with Crippen molar-refractivity contribution in [1.82, 2.24) is 14.8 Å². The average Bonchev–Trinajstić information content (AvgIpc) is 3.46. The van der Waals surface area contributed by atoms with E-state index < -0.39 is 18.8 Å². The lowest BCUT2D eigenvalue weighted by Crippen LogP contribution is -2.35. The number of amides is 1.